The predicted octanol–water partition coefficient (Wildman–Crippen LogP) is 2.90. The molecule has 0 spiro atoms. The van der Waals surface area contributed by atoms with Gasteiger partial charge in [0.1, 0.15) is 6.17 Å². The maximum atomic E-state index is 14.1. The number of hydrogen-bond donors (Lipinski definition) is 0. The van der Waals surface area contributed by atoms with Crippen LogP contribution in [-0.4, -0.2) is 26.7 Å². The van der Waals surface area contributed by atoms with Crippen molar-refractivity contribution < 1.29 is 18.0 Å². The minimum absolute atomic E-state index is 0.126. The maximum Gasteiger partial charge on any atom is 0.308 e. The predicted molar refractivity (Wildman–Crippen MR) is 70.4 cm³/mol. The van der Waals surface area contributed by atoms with Crippen LogP contribution in [0.4, 0.5) is 13.2 Å². The monoisotopic (exact) mass is 307 g/mol. The third-order valence-electron chi connectivity index (χ3n) is 4.16. The Morgan fingerprint density at radius 1 is 1.27 bits per heavy atom. The van der Waals surface area contributed by atoms with Gasteiger partial charge in [0, 0.05) is 6.42 Å². The van der Waals surface area contributed by atoms with Gasteiger partial charge in [0.15, 0.2) is 5.82 Å². The molecule has 1 fully saturated rings. The molecule has 3 atom stereocenters. The fourth-order valence-corrected chi connectivity index (χ4v) is 2.85. The van der Waals surface area contributed by atoms with Crippen molar-refractivity contribution in [3.8, 4) is 0 Å². The van der Waals surface area contributed by atoms with E-state index in [2.05, 4.69) is 10.1 Å². The van der Waals surface area contributed by atoms with E-state index in [0.29, 0.717) is 5.56 Å². The summed E-state index contributed by atoms with van der Waals surface area (Å²) in [5.41, 5.74) is 0.680. The first-order valence-electron chi connectivity index (χ1n) is 7.05. The fraction of sp³-hybridized carbons (Fsp3) is 0.400. The molecule has 0 unspecified atom stereocenters. The van der Waals surface area contributed by atoms with E-state index in [4.69, 9.17) is 0 Å². The summed E-state index contributed by atoms with van der Waals surface area (Å²) in [6, 6.07) is 8.11. The molecule has 7 heteroatoms. The van der Waals surface area contributed by atoms with Crippen molar-refractivity contribution in [3.63, 3.8) is 0 Å². The number of nitrogens with zero attached hydrogens (tertiary/aromatic N) is 3. The third-order valence-corrected chi connectivity index (χ3v) is 4.16. The second kappa shape index (κ2) is 4.41. The summed E-state index contributed by atoms with van der Waals surface area (Å²) in [4.78, 5) is 15.7. The number of Topliss-reactive ketones (excluding diaryl/α,β-unsaturated/α-hetero) is 1. The van der Waals surface area contributed by atoms with Gasteiger partial charge in [-0.3, -0.25) is 4.79 Å². The maximum absolute atomic E-state index is 14.1. The number of aromatic nitrogens is 3. The molecule has 4 nitrogen and oxygen atoms in total. The van der Waals surface area contributed by atoms with E-state index >= 15 is 0 Å². The number of hydrogen-bond acceptors (Lipinski definition) is 3. The molecule has 1 aromatic carbocycles. The van der Waals surface area contributed by atoms with Crippen LogP contribution in [0, 0.1) is 5.92 Å². The lowest BCUT2D eigenvalue weighted by Gasteiger charge is -2.11. The summed E-state index contributed by atoms with van der Waals surface area (Å²) in [7, 11) is 0. The number of carbonyl (C=O) groups excluding carboxylic acids is 1. The molecule has 0 amide bonds. The highest BCUT2D eigenvalue weighted by molar-refractivity contribution is 5.96. The Kier molecular flexibility index (Phi) is 2.70. The molecular weight excluding hydrogens is 295 g/mol. The normalized spacial score (nSPS) is 28.4. The van der Waals surface area contributed by atoms with Crippen LogP contribution in [0.25, 0.3) is 0 Å². The van der Waals surface area contributed by atoms with E-state index in [1.165, 1.54) is 0 Å². The van der Waals surface area contributed by atoms with E-state index in [-0.39, 0.29) is 12.2 Å². The van der Waals surface area contributed by atoms with Crippen molar-refractivity contribution in [3.05, 3.63) is 47.5 Å². The molecular formula is C15H12F3N3O. The zero-order valence-corrected chi connectivity index (χ0v) is 11.4. The summed E-state index contributed by atoms with van der Waals surface area (Å²) >= 11 is 0. The topological polar surface area (TPSA) is 47.8 Å². The average molecular weight is 307 g/mol. The number of halogens is 3. The van der Waals surface area contributed by atoms with Crippen LogP contribution in [0.3, 0.4) is 0 Å². The Labute approximate surface area is 124 Å². The van der Waals surface area contributed by atoms with Gasteiger partial charge in [-0.2, -0.15) is 8.78 Å². The highest BCUT2D eigenvalue weighted by Crippen LogP contribution is 2.45. The van der Waals surface area contributed by atoms with Gasteiger partial charge in [0.25, 0.3) is 0 Å². The van der Waals surface area contributed by atoms with Gasteiger partial charge in [-0.05, 0) is 12.0 Å². The Bertz CT molecular complexity index is 744. The minimum Gasteiger partial charge on any atom is -0.290 e. The molecule has 2 aromatic rings. The molecule has 1 aromatic heterocycles. The van der Waals surface area contributed by atoms with E-state index in [0.717, 1.165) is 4.68 Å². The van der Waals surface area contributed by atoms with Gasteiger partial charge in [-0.15, -0.1) is 5.10 Å². The molecule has 2 heterocycles. The SMILES string of the molecule is O=C(c1nc2n(n1)[C@H](c1ccccc1)CC2(F)F)[C@@H]1C[C@H]1F. The van der Waals surface area contributed by atoms with Gasteiger partial charge in [-0.25, -0.2) is 14.1 Å². The molecule has 0 bridgehead atoms. The van der Waals surface area contributed by atoms with Crippen LogP contribution in [-0.2, 0) is 5.92 Å². The van der Waals surface area contributed by atoms with Crippen LogP contribution in [0.15, 0.2) is 30.3 Å². The molecule has 4 rings (SSSR count). The molecule has 1 saturated carbocycles. The number of fused-ring (bicyclic) bond motifs is 1. The van der Waals surface area contributed by atoms with E-state index in [1.807, 2.05) is 0 Å². The van der Waals surface area contributed by atoms with E-state index < -0.39 is 42.1 Å². The highest BCUT2D eigenvalue weighted by atomic mass is 19.3. The molecule has 0 N–H and O–H groups in total. The molecule has 2 aliphatic rings. The van der Waals surface area contributed by atoms with Gasteiger partial charge in [0.05, 0.1) is 12.0 Å². The van der Waals surface area contributed by atoms with Crippen LogP contribution in [0.1, 0.15) is 40.9 Å². The Hall–Kier alpha value is -2.18. The minimum atomic E-state index is -3.15. The number of rotatable bonds is 3. The second-order valence-electron chi connectivity index (χ2n) is 5.76. The lowest BCUT2D eigenvalue weighted by atomic mass is 10.0. The molecule has 22 heavy (non-hydrogen) atoms. The summed E-state index contributed by atoms with van der Waals surface area (Å²) in [6.45, 7) is 0. The third kappa shape index (κ3) is 1.95. The Balaban J connectivity index is 1.74. The van der Waals surface area contributed by atoms with Crippen molar-refractivity contribution in [2.45, 2.75) is 31.0 Å². The number of benzene rings is 1. The standard InChI is InChI=1S/C15H12F3N3O/c16-10-6-9(10)12(22)13-19-14-15(17,18)7-11(21(14)20-13)8-4-2-1-3-5-8/h1-5,9-11H,6-7H2/t9-,10-,11+/m1/s1. The average Bonchev–Trinajstić information content (AvgIpc) is 2.97. The largest absolute Gasteiger partial charge is 0.308 e. The zero-order valence-electron chi connectivity index (χ0n) is 11.4. The first-order chi connectivity index (χ1) is 10.5. The van der Waals surface area contributed by atoms with Crippen LogP contribution in [0.5, 0.6) is 0 Å². The summed E-state index contributed by atoms with van der Waals surface area (Å²) in [6.07, 6.45) is -1.51. The number of ketones is 1. The smallest absolute Gasteiger partial charge is 0.290 e. The van der Waals surface area contributed by atoms with Crippen molar-refractivity contribution in [2.75, 3.05) is 0 Å². The lowest BCUT2D eigenvalue weighted by Crippen LogP contribution is -2.13. The number of alkyl halides is 3. The van der Waals surface area contributed by atoms with Gasteiger partial charge in [0.2, 0.25) is 11.6 Å². The van der Waals surface area contributed by atoms with E-state index in [1.54, 1.807) is 30.3 Å². The van der Waals surface area contributed by atoms with Crippen molar-refractivity contribution >= 4 is 5.78 Å². The molecule has 1 aliphatic carbocycles. The van der Waals surface area contributed by atoms with Gasteiger partial charge < -0.3 is 0 Å². The first kappa shape index (κ1) is 13.5. The molecule has 114 valence electrons. The number of carbonyl (C=O) groups is 1. The van der Waals surface area contributed by atoms with Crippen molar-refractivity contribution in [1.29, 1.82) is 0 Å². The molecule has 0 saturated heterocycles. The Morgan fingerprint density at radius 2 is 1.95 bits per heavy atom. The fourth-order valence-electron chi connectivity index (χ4n) is 2.85. The molecule has 1 aliphatic heterocycles. The van der Waals surface area contributed by atoms with Crippen LogP contribution in [0.2, 0.25) is 0 Å². The highest BCUT2D eigenvalue weighted by Gasteiger charge is 2.51. The van der Waals surface area contributed by atoms with Crippen LogP contribution < -0.4 is 0 Å². The summed E-state index contributed by atoms with van der Waals surface area (Å²) < 4.78 is 42.4. The summed E-state index contributed by atoms with van der Waals surface area (Å²) in [5, 5.41) is 3.95. The lowest BCUT2D eigenvalue weighted by molar-refractivity contribution is -0.00883. The van der Waals surface area contributed by atoms with Crippen molar-refractivity contribution in [1.82, 2.24) is 14.8 Å². The van der Waals surface area contributed by atoms with Gasteiger partial charge in [-0.1, -0.05) is 30.3 Å². The summed E-state index contributed by atoms with van der Waals surface area (Å²) in [5.74, 6) is -5.32. The van der Waals surface area contributed by atoms with E-state index in [9.17, 15) is 18.0 Å². The first-order valence-corrected chi connectivity index (χ1v) is 7.05. The molecule has 0 radical (unpaired) electrons. The van der Waals surface area contributed by atoms with Gasteiger partial charge >= 0.3 is 5.92 Å². The van der Waals surface area contributed by atoms with Crippen molar-refractivity contribution in [2.24, 2.45) is 5.92 Å². The quantitative estimate of drug-likeness (QED) is 0.819. The Morgan fingerprint density at radius 3 is 2.59 bits per heavy atom. The zero-order chi connectivity index (χ0) is 15.5. The van der Waals surface area contributed by atoms with Crippen LogP contribution >= 0.6 is 0 Å². The second-order valence-corrected chi connectivity index (χ2v) is 5.76.